The van der Waals surface area contributed by atoms with Crippen molar-refractivity contribution in [3.05, 3.63) is 57.6 Å². The molecular weight excluding hydrogens is 336 g/mol. The molecule has 0 aliphatic carbocycles. The standard InChI is InChI=1S/C19H25ClN4O/c1-15(2)13-24-7-6-21-18(19(24)25)23-10-8-22(9-11-23)14-16-4-3-5-17(20)12-16/h3-7,12,15H,8-11,13-14H2,1-2H3. The lowest BCUT2D eigenvalue weighted by atomic mass is 10.2. The maximum Gasteiger partial charge on any atom is 0.293 e. The Bertz CT molecular complexity index is 766. The summed E-state index contributed by atoms with van der Waals surface area (Å²) in [6.45, 7) is 9.28. The van der Waals surface area contributed by atoms with Crippen molar-refractivity contribution in [1.29, 1.82) is 0 Å². The fourth-order valence-electron chi connectivity index (χ4n) is 3.20. The molecule has 0 atom stereocenters. The Hall–Kier alpha value is -1.85. The van der Waals surface area contributed by atoms with E-state index < -0.39 is 0 Å². The van der Waals surface area contributed by atoms with E-state index in [9.17, 15) is 4.79 Å². The number of benzene rings is 1. The first kappa shape index (κ1) is 18.0. The third-order valence-corrected chi connectivity index (χ3v) is 4.66. The minimum absolute atomic E-state index is 0.0134. The molecule has 0 bridgehead atoms. The zero-order chi connectivity index (χ0) is 17.8. The highest BCUT2D eigenvalue weighted by Crippen LogP contribution is 2.15. The molecule has 1 aromatic carbocycles. The molecule has 134 valence electrons. The van der Waals surface area contributed by atoms with Crippen molar-refractivity contribution < 1.29 is 0 Å². The van der Waals surface area contributed by atoms with Gasteiger partial charge in [-0.25, -0.2) is 4.98 Å². The van der Waals surface area contributed by atoms with Crippen LogP contribution in [0.25, 0.3) is 0 Å². The zero-order valence-electron chi connectivity index (χ0n) is 14.9. The summed E-state index contributed by atoms with van der Waals surface area (Å²) in [5, 5.41) is 0.773. The van der Waals surface area contributed by atoms with E-state index in [0.29, 0.717) is 11.7 Å². The van der Waals surface area contributed by atoms with E-state index >= 15 is 0 Å². The molecule has 1 aliphatic heterocycles. The van der Waals surface area contributed by atoms with Crippen molar-refractivity contribution in [2.75, 3.05) is 31.1 Å². The monoisotopic (exact) mass is 360 g/mol. The topological polar surface area (TPSA) is 41.4 Å². The van der Waals surface area contributed by atoms with Crippen LogP contribution in [0.1, 0.15) is 19.4 Å². The summed E-state index contributed by atoms with van der Waals surface area (Å²) >= 11 is 6.06. The van der Waals surface area contributed by atoms with Crippen LogP contribution < -0.4 is 10.5 Å². The summed E-state index contributed by atoms with van der Waals surface area (Å²) in [5.41, 5.74) is 1.23. The summed E-state index contributed by atoms with van der Waals surface area (Å²) in [4.78, 5) is 21.5. The van der Waals surface area contributed by atoms with Gasteiger partial charge in [0.1, 0.15) is 0 Å². The quantitative estimate of drug-likeness (QED) is 0.822. The van der Waals surface area contributed by atoms with Gasteiger partial charge in [-0.2, -0.15) is 0 Å². The predicted octanol–water partition coefficient (Wildman–Crippen LogP) is 2.87. The Morgan fingerprint density at radius 1 is 1.20 bits per heavy atom. The van der Waals surface area contributed by atoms with Crippen molar-refractivity contribution in [1.82, 2.24) is 14.5 Å². The second-order valence-electron chi connectivity index (χ2n) is 7.00. The van der Waals surface area contributed by atoms with E-state index in [1.807, 2.05) is 18.2 Å². The van der Waals surface area contributed by atoms with Gasteiger partial charge in [-0.1, -0.05) is 37.6 Å². The predicted molar refractivity (Wildman–Crippen MR) is 102 cm³/mol. The number of rotatable bonds is 5. The van der Waals surface area contributed by atoms with Crippen LogP contribution >= 0.6 is 11.6 Å². The number of anilines is 1. The van der Waals surface area contributed by atoms with Crippen LogP contribution in [0.3, 0.4) is 0 Å². The normalized spacial score (nSPS) is 15.8. The molecule has 2 aromatic rings. The summed E-state index contributed by atoms with van der Waals surface area (Å²) in [6, 6.07) is 7.99. The molecule has 1 fully saturated rings. The largest absolute Gasteiger partial charge is 0.349 e. The Labute approximate surface area is 153 Å². The van der Waals surface area contributed by atoms with Gasteiger partial charge >= 0.3 is 0 Å². The molecule has 3 rings (SSSR count). The van der Waals surface area contributed by atoms with E-state index in [-0.39, 0.29) is 5.56 Å². The molecule has 0 spiro atoms. The number of nitrogens with zero attached hydrogens (tertiary/aromatic N) is 4. The molecule has 0 amide bonds. The van der Waals surface area contributed by atoms with Crippen molar-refractivity contribution in [2.45, 2.75) is 26.9 Å². The summed E-state index contributed by atoms with van der Waals surface area (Å²) in [5.74, 6) is 1.01. The van der Waals surface area contributed by atoms with Crippen molar-refractivity contribution in [3.8, 4) is 0 Å². The lowest BCUT2D eigenvalue weighted by Gasteiger charge is -2.35. The minimum Gasteiger partial charge on any atom is -0.349 e. The number of piperazine rings is 1. The lowest BCUT2D eigenvalue weighted by molar-refractivity contribution is 0.249. The Kier molecular flexibility index (Phi) is 5.76. The smallest absolute Gasteiger partial charge is 0.293 e. The lowest BCUT2D eigenvalue weighted by Crippen LogP contribution is -2.48. The number of aromatic nitrogens is 2. The fourth-order valence-corrected chi connectivity index (χ4v) is 3.41. The highest BCUT2D eigenvalue weighted by molar-refractivity contribution is 6.30. The molecule has 0 N–H and O–H groups in total. The van der Waals surface area contributed by atoms with E-state index in [1.165, 1.54) is 5.56 Å². The van der Waals surface area contributed by atoms with Crippen LogP contribution in [0, 0.1) is 5.92 Å². The fraction of sp³-hybridized carbons (Fsp3) is 0.474. The van der Waals surface area contributed by atoms with Gasteiger partial charge in [0.25, 0.3) is 5.56 Å². The molecule has 6 heteroatoms. The number of hydrogen-bond donors (Lipinski definition) is 0. The molecule has 1 aromatic heterocycles. The summed E-state index contributed by atoms with van der Waals surface area (Å²) in [6.07, 6.45) is 3.51. The van der Waals surface area contributed by atoms with E-state index in [4.69, 9.17) is 11.6 Å². The second kappa shape index (κ2) is 8.02. The van der Waals surface area contributed by atoms with Crippen LogP contribution in [0.15, 0.2) is 41.5 Å². The number of halogens is 1. The molecule has 0 saturated carbocycles. The van der Waals surface area contributed by atoms with Gasteiger partial charge in [0.05, 0.1) is 0 Å². The molecular formula is C19H25ClN4O. The van der Waals surface area contributed by atoms with Crippen LogP contribution in [0.2, 0.25) is 5.02 Å². The summed E-state index contributed by atoms with van der Waals surface area (Å²) < 4.78 is 1.77. The highest BCUT2D eigenvalue weighted by atomic mass is 35.5. The van der Waals surface area contributed by atoms with Gasteiger partial charge in [-0.05, 0) is 23.6 Å². The van der Waals surface area contributed by atoms with Crippen molar-refractivity contribution in [2.24, 2.45) is 5.92 Å². The average molecular weight is 361 g/mol. The van der Waals surface area contributed by atoms with Crippen LogP contribution in [-0.2, 0) is 13.1 Å². The van der Waals surface area contributed by atoms with Gasteiger partial charge in [-0.3, -0.25) is 9.69 Å². The van der Waals surface area contributed by atoms with Crippen LogP contribution in [0.5, 0.6) is 0 Å². The molecule has 5 nitrogen and oxygen atoms in total. The SMILES string of the molecule is CC(C)Cn1ccnc(N2CCN(Cc3cccc(Cl)c3)CC2)c1=O. The Morgan fingerprint density at radius 2 is 1.96 bits per heavy atom. The molecule has 0 unspecified atom stereocenters. The first-order valence-corrected chi connectivity index (χ1v) is 9.18. The third kappa shape index (κ3) is 4.61. The number of hydrogen-bond acceptors (Lipinski definition) is 4. The maximum atomic E-state index is 12.6. The van der Waals surface area contributed by atoms with Crippen molar-refractivity contribution in [3.63, 3.8) is 0 Å². The van der Waals surface area contributed by atoms with Crippen LogP contribution in [0.4, 0.5) is 5.82 Å². The second-order valence-corrected chi connectivity index (χ2v) is 7.43. The molecule has 2 heterocycles. The first-order chi connectivity index (χ1) is 12.0. The van der Waals surface area contributed by atoms with Crippen LogP contribution in [-0.4, -0.2) is 40.6 Å². The molecule has 1 aliphatic rings. The zero-order valence-corrected chi connectivity index (χ0v) is 15.6. The maximum absolute atomic E-state index is 12.6. The molecule has 25 heavy (non-hydrogen) atoms. The molecule has 0 radical (unpaired) electrons. The third-order valence-electron chi connectivity index (χ3n) is 4.42. The van der Waals surface area contributed by atoms with E-state index in [2.05, 4.69) is 34.7 Å². The minimum atomic E-state index is 0.0134. The van der Waals surface area contributed by atoms with E-state index in [0.717, 1.165) is 44.3 Å². The van der Waals surface area contributed by atoms with Crippen molar-refractivity contribution >= 4 is 17.4 Å². The molecule has 1 saturated heterocycles. The Balaban J connectivity index is 1.63. The Morgan fingerprint density at radius 3 is 2.64 bits per heavy atom. The van der Waals surface area contributed by atoms with E-state index in [1.54, 1.807) is 17.0 Å². The summed E-state index contributed by atoms with van der Waals surface area (Å²) in [7, 11) is 0. The highest BCUT2D eigenvalue weighted by Gasteiger charge is 2.21. The average Bonchev–Trinajstić information content (AvgIpc) is 2.57. The van der Waals surface area contributed by atoms with Gasteiger partial charge in [-0.15, -0.1) is 0 Å². The van der Waals surface area contributed by atoms with Gasteiger partial charge < -0.3 is 9.47 Å². The van der Waals surface area contributed by atoms with Gasteiger partial charge in [0.2, 0.25) is 0 Å². The van der Waals surface area contributed by atoms with Gasteiger partial charge in [0.15, 0.2) is 5.82 Å². The first-order valence-electron chi connectivity index (χ1n) is 8.80. The van der Waals surface area contributed by atoms with Gasteiger partial charge in [0, 0.05) is 56.7 Å².